The average Bonchev–Trinajstić information content (AvgIpc) is 3.23. The van der Waals surface area contributed by atoms with E-state index in [-0.39, 0.29) is 11.8 Å². The number of rotatable bonds is 1. The van der Waals surface area contributed by atoms with Gasteiger partial charge < -0.3 is 14.8 Å². The van der Waals surface area contributed by atoms with Crippen LogP contribution >= 0.6 is 0 Å². The lowest BCUT2D eigenvalue weighted by atomic mass is 9.78. The Morgan fingerprint density at radius 3 is 2.66 bits per heavy atom. The first-order valence-corrected chi connectivity index (χ1v) is 10.0. The summed E-state index contributed by atoms with van der Waals surface area (Å²) in [5, 5.41) is 0.961. The number of amides is 2. The number of H-pyrrole nitrogens is 1. The van der Waals surface area contributed by atoms with Crippen molar-refractivity contribution in [3.05, 3.63) is 59.8 Å². The molecule has 5 rings (SSSR count). The molecule has 1 fully saturated rings. The Labute approximate surface area is 168 Å². The Kier molecular flexibility index (Phi) is 4.12. The third kappa shape index (κ3) is 2.72. The van der Waals surface area contributed by atoms with Crippen LogP contribution in [-0.2, 0) is 16.8 Å². The van der Waals surface area contributed by atoms with Gasteiger partial charge in [-0.2, -0.15) is 0 Å². The summed E-state index contributed by atoms with van der Waals surface area (Å²) < 4.78 is 0. The first-order valence-electron chi connectivity index (χ1n) is 10.0. The summed E-state index contributed by atoms with van der Waals surface area (Å²) in [5.74, 6) is 0.0632. The van der Waals surface area contributed by atoms with Crippen LogP contribution in [0.15, 0.2) is 42.9 Å². The van der Waals surface area contributed by atoms with E-state index in [2.05, 4.69) is 15.0 Å². The fourth-order valence-corrected chi connectivity index (χ4v) is 4.97. The highest BCUT2D eigenvalue weighted by molar-refractivity contribution is 6.05. The van der Waals surface area contributed by atoms with Gasteiger partial charge in [0.05, 0.1) is 28.6 Å². The largest absolute Gasteiger partial charge is 0.348 e. The van der Waals surface area contributed by atoms with Crippen molar-refractivity contribution in [2.24, 2.45) is 0 Å². The lowest BCUT2D eigenvalue weighted by Crippen LogP contribution is -2.58. The second-order valence-electron chi connectivity index (χ2n) is 7.85. The van der Waals surface area contributed by atoms with E-state index in [4.69, 9.17) is 0 Å². The standard InChI is InChI=1S/C22H23N5O2/c1-15(28)27-11-7-18-20(25-14-24-18)22(27)8-12-26(13-9-22)21(29)17-6-2-4-16-5-3-10-23-19(16)17/h2-6,10,14H,7-9,11-13H2,1H3,(H,24,25). The zero-order valence-electron chi connectivity index (χ0n) is 16.4. The quantitative estimate of drug-likeness (QED) is 0.693. The van der Waals surface area contributed by atoms with Gasteiger partial charge in [0, 0.05) is 50.3 Å². The number of aromatic amines is 1. The summed E-state index contributed by atoms with van der Waals surface area (Å²) in [6, 6.07) is 9.56. The van der Waals surface area contributed by atoms with Gasteiger partial charge in [-0.15, -0.1) is 0 Å². The van der Waals surface area contributed by atoms with Crippen LogP contribution in [0, 0.1) is 0 Å². The van der Waals surface area contributed by atoms with E-state index in [0.717, 1.165) is 28.7 Å². The Morgan fingerprint density at radius 2 is 1.86 bits per heavy atom. The Bertz CT molecular complexity index is 1090. The molecule has 2 amide bonds. The topological polar surface area (TPSA) is 82.2 Å². The van der Waals surface area contributed by atoms with Crippen LogP contribution < -0.4 is 0 Å². The molecular weight excluding hydrogens is 366 g/mol. The summed E-state index contributed by atoms with van der Waals surface area (Å²) in [5.41, 5.74) is 3.02. The Balaban J connectivity index is 1.44. The smallest absolute Gasteiger partial charge is 0.256 e. The van der Waals surface area contributed by atoms with E-state index in [1.165, 1.54) is 0 Å². The Morgan fingerprint density at radius 1 is 1.07 bits per heavy atom. The molecule has 4 heterocycles. The van der Waals surface area contributed by atoms with Crippen LogP contribution in [0.5, 0.6) is 0 Å². The molecule has 0 radical (unpaired) electrons. The minimum Gasteiger partial charge on any atom is -0.348 e. The van der Waals surface area contributed by atoms with Crippen molar-refractivity contribution >= 4 is 22.7 Å². The maximum Gasteiger partial charge on any atom is 0.256 e. The summed E-state index contributed by atoms with van der Waals surface area (Å²) in [6.45, 7) is 3.47. The molecule has 0 saturated carbocycles. The predicted octanol–water partition coefficient (Wildman–Crippen LogP) is 2.49. The van der Waals surface area contributed by atoms with Gasteiger partial charge in [-0.3, -0.25) is 14.6 Å². The van der Waals surface area contributed by atoms with Gasteiger partial charge in [-0.1, -0.05) is 18.2 Å². The summed E-state index contributed by atoms with van der Waals surface area (Å²) in [7, 11) is 0. The van der Waals surface area contributed by atoms with E-state index >= 15 is 0 Å². The number of fused-ring (bicyclic) bond motifs is 3. The van der Waals surface area contributed by atoms with E-state index in [1.54, 1.807) is 19.4 Å². The van der Waals surface area contributed by atoms with Crippen molar-refractivity contribution in [3.63, 3.8) is 0 Å². The summed E-state index contributed by atoms with van der Waals surface area (Å²) >= 11 is 0. The number of piperidine rings is 1. The molecule has 0 aliphatic carbocycles. The molecule has 1 saturated heterocycles. The van der Waals surface area contributed by atoms with Crippen LogP contribution in [0.25, 0.3) is 10.9 Å². The minimum atomic E-state index is -0.423. The van der Waals surface area contributed by atoms with Crippen LogP contribution in [0.4, 0.5) is 0 Å². The first-order chi connectivity index (χ1) is 14.1. The molecule has 7 heteroatoms. The number of pyridine rings is 1. The average molecular weight is 389 g/mol. The molecular formula is C22H23N5O2. The van der Waals surface area contributed by atoms with Gasteiger partial charge in [-0.25, -0.2) is 4.98 Å². The monoisotopic (exact) mass is 389 g/mol. The lowest BCUT2D eigenvalue weighted by Gasteiger charge is -2.50. The molecule has 2 aromatic heterocycles. The molecule has 148 valence electrons. The van der Waals surface area contributed by atoms with E-state index < -0.39 is 5.54 Å². The maximum absolute atomic E-state index is 13.3. The van der Waals surface area contributed by atoms with Crippen molar-refractivity contribution in [2.45, 2.75) is 31.7 Å². The second kappa shape index (κ2) is 6.69. The highest BCUT2D eigenvalue weighted by Gasteiger charge is 2.48. The molecule has 0 unspecified atom stereocenters. The van der Waals surface area contributed by atoms with Gasteiger partial charge in [0.25, 0.3) is 5.91 Å². The molecule has 29 heavy (non-hydrogen) atoms. The van der Waals surface area contributed by atoms with E-state index in [0.29, 0.717) is 38.0 Å². The molecule has 1 aromatic carbocycles. The normalized spacial score (nSPS) is 18.1. The van der Waals surface area contributed by atoms with E-state index in [1.807, 2.05) is 40.1 Å². The van der Waals surface area contributed by atoms with Crippen LogP contribution in [0.3, 0.4) is 0 Å². The molecule has 0 atom stereocenters. The number of nitrogens with one attached hydrogen (secondary N) is 1. The van der Waals surface area contributed by atoms with Crippen molar-refractivity contribution in [1.82, 2.24) is 24.8 Å². The molecule has 3 aromatic rings. The summed E-state index contributed by atoms with van der Waals surface area (Å²) in [6.07, 6.45) is 5.61. The van der Waals surface area contributed by atoms with Gasteiger partial charge >= 0.3 is 0 Å². The SMILES string of the molecule is CC(=O)N1CCc2[nH]cnc2C12CCN(C(=O)c1cccc3cccnc13)CC2. The highest BCUT2D eigenvalue weighted by Crippen LogP contribution is 2.42. The fourth-order valence-electron chi connectivity index (χ4n) is 4.97. The van der Waals surface area contributed by atoms with Crippen LogP contribution in [0.2, 0.25) is 0 Å². The van der Waals surface area contributed by atoms with Crippen LogP contribution in [-0.4, -0.2) is 56.2 Å². The number of carbonyl (C=O) groups is 2. The third-order valence-corrected chi connectivity index (χ3v) is 6.38. The van der Waals surface area contributed by atoms with Crippen molar-refractivity contribution in [1.29, 1.82) is 0 Å². The molecule has 2 aliphatic heterocycles. The number of hydrogen-bond donors (Lipinski definition) is 1. The fraction of sp³-hybridized carbons (Fsp3) is 0.364. The number of benzene rings is 1. The number of nitrogens with zero attached hydrogens (tertiary/aromatic N) is 4. The Hall–Kier alpha value is -3.22. The number of carbonyl (C=O) groups excluding carboxylic acids is 2. The number of hydrogen-bond acceptors (Lipinski definition) is 4. The number of imidazole rings is 1. The predicted molar refractivity (Wildman–Crippen MR) is 108 cm³/mol. The van der Waals surface area contributed by atoms with Crippen molar-refractivity contribution in [3.8, 4) is 0 Å². The lowest BCUT2D eigenvalue weighted by molar-refractivity contribution is -0.139. The number of likely N-dealkylation sites (tertiary alicyclic amines) is 1. The molecule has 1 spiro atoms. The highest BCUT2D eigenvalue weighted by atomic mass is 16.2. The van der Waals surface area contributed by atoms with Crippen LogP contribution in [0.1, 0.15) is 41.5 Å². The van der Waals surface area contributed by atoms with Gasteiger partial charge in [0.15, 0.2) is 0 Å². The minimum absolute atomic E-state index is 0.00316. The maximum atomic E-state index is 13.3. The second-order valence-corrected chi connectivity index (χ2v) is 7.85. The first kappa shape index (κ1) is 17.8. The summed E-state index contributed by atoms with van der Waals surface area (Å²) in [4.78, 5) is 41.7. The number of aromatic nitrogens is 3. The molecule has 7 nitrogen and oxygen atoms in total. The van der Waals surface area contributed by atoms with Gasteiger partial charge in [-0.05, 0) is 25.0 Å². The molecule has 1 N–H and O–H groups in total. The van der Waals surface area contributed by atoms with Gasteiger partial charge in [0.2, 0.25) is 5.91 Å². The number of para-hydroxylation sites is 1. The van der Waals surface area contributed by atoms with Crippen molar-refractivity contribution in [2.75, 3.05) is 19.6 Å². The van der Waals surface area contributed by atoms with Crippen molar-refractivity contribution < 1.29 is 9.59 Å². The third-order valence-electron chi connectivity index (χ3n) is 6.38. The van der Waals surface area contributed by atoms with Gasteiger partial charge in [0.1, 0.15) is 0 Å². The molecule has 0 bridgehead atoms. The molecule has 2 aliphatic rings. The van der Waals surface area contributed by atoms with E-state index in [9.17, 15) is 9.59 Å². The zero-order valence-corrected chi connectivity index (χ0v) is 16.4. The zero-order chi connectivity index (χ0) is 20.0.